The molecule has 0 saturated heterocycles. The quantitative estimate of drug-likeness (QED) is 0.893. The lowest BCUT2D eigenvalue weighted by atomic mass is 10.1. The van der Waals surface area contributed by atoms with Crippen molar-refractivity contribution in [2.24, 2.45) is 7.05 Å². The van der Waals surface area contributed by atoms with Crippen LogP contribution in [0.1, 0.15) is 30.2 Å². The molecule has 1 aromatic carbocycles. The molecule has 0 saturated carbocycles. The van der Waals surface area contributed by atoms with Crippen molar-refractivity contribution in [3.63, 3.8) is 0 Å². The molecule has 1 unspecified atom stereocenters. The van der Waals surface area contributed by atoms with Gasteiger partial charge in [-0.25, -0.2) is 0 Å². The van der Waals surface area contributed by atoms with E-state index in [1.54, 1.807) is 0 Å². The first-order valence-electron chi connectivity index (χ1n) is 6.36. The van der Waals surface area contributed by atoms with Crippen LogP contribution in [0.2, 0.25) is 0 Å². The van der Waals surface area contributed by atoms with Crippen molar-refractivity contribution in [3.05, 3.63) is 41.5 Å². The SMILES string of the molecule is CNC(C)c1cccc(OCc2nnc(C)n2C)c1. The molecule has 0 fully saturated rings. The molecular weight excluding hydrogens is 240 g/mol. The third kappa shape index (κ3) is 3.12. The van der Waals surface area contributed by atoms with Crippen LogP contribution in [0, 0.1) is 6.92 Å². The Morgan fingerprint density at radius 3 is 2.79 bits per heavy atom. The molecule has 1 aromatic heterocycles. The predicted octanol–water partition coefficient (Wildman–Crippen LogP) is 1.98. The number of nitrogens with zero attached hydrogens (tertiary/aromatic N) is 3. The molecule has 1 atom stereocenters. The Hall–Kier alpha value is -1.88. The van der Waals surface area contributed by atoms with E-state index in [2.05, 4.69) is 28.5 Å². The van der Waals surface area contributed by atoms with Gasteiger partial charge in [0, 0.05) is 13.1 Å². The third-order valence-electron chi connectivity index (χ3n) is 3.34. The Labute approximate surface area is 113 Å². The number of hydrogen-bond acceptors (Lipinski definition) is 4. The number of rotatable bonds is 5. The molecule has 19 heavy (non-hydrogen) atoms. The van der Waals surface area contributed by atoms with Crippen molar-refractivity contribution in [3.8, 4) is 5.75 Å². The summed E-state index contributed by atoms with van der Waals surface area (Å²) in [6, 6.07) is 8.39. The van der Waals surface area contributed by atoms with E-state index >= 15 is 0 Å². The minimum absolute atomic E-state index is 0.306. The van der Waals surface area contributed by atoms with Crippen molar-refractivity contribution in [1.29, 1.82) is 0 Å². The Morgan fingerprint density at radius 2 is 2.16 bits per heavy atom. The number of hydrogen-bond donors (Lipinski definition) is 1. The van der Waals surface area contributed by atoms with Gasteiger partial charge in [-0.15, -0.1) is 10.2 Å². The minimum atomic E-state index is 0.306. The number of nitrogens with one attached hydrogen (secondary N) is 1. The van der Waals surface area contributed by atoms with Crippen molar-refractivity contribution >= 4 is 0 Å². The zero-order valence-corrected chi connectivity index (χ0v) is 11.8. The van der Waals surface area contributed by atoms with E-state index in [-0.39, 0.29) is 0 Å². The molecule has 0 radical (unpaired) electrons. The van der Waals surface area contributed by atoms with Crippen LogP contribution in [0.25, 0.3) is 0 Å². The summed E-state index contributed by atoms with van der Waals surface area (Å²) < 4.78 is 7.70. The van der Waals surface area contributed by atoms with Crippen LogP contribution < -0.4 is 10.1 Å². The zero-order chi connectivity index (χ0) is 13.8. The maximum atomic E-state index is 5.77. The van der Waals surface area contributed by atoms with Crippen molar-refractivity contribution in [2.75, 3.05) is 7.05 Å². The maximum absolute atomic E-state index is 5.77. The molecule has 102 valence electrons. The van der Waals surface area contributed by atoms with Crippen LogP contribution in [0.5, 0.6) is 5.75 Å². The molecule has 2 aromatic rings. The largest absolute Gasteiger partial charge is 0.486 e. The Kier molecular flexibility index (Phi) is 4.16. The molecule has 1 N–H and O–H groups in total. The molecule has 0 spiro atoms. The van der Waals surface area contributed by atoms with Crippen molar-refractivity contribution < 1.29 is 4.74 Å². The molecule has 5 heteroatoms. The maximum Gasteiger partial charge on any atom is 0.170 e. The van der Waals surface area contributed by atoms with E-state index < -0.39 is 0 Å². The molecule has 2 rings (SSSR count). The number of aryl methyl sites for hydroxylation is 1. The lowest BCUT2D eigenvalue weighted by Crippen LogP contribution is -2.12. The summed E-state index contributed by atoms with van der Waals surface area (Å²) in [5.74, 6) is 2.56. The van der Waals surface area contributed by atoms with Gasteiger partial charge in [0.2, 0.25) is 0 Å². The van der Waals surface area contributed by atoms with Crippen molar-refractivity contribution in [1.82, 2.24) is 20.1 Å². The van der Waals surface area contributed by atoms with E-state index in [4.69, 9.17) is 4.74 Å². The summed E-state index contributed by atoms with van der Waals surface area (Å²) in [7, 11) is 3.88. The van der Waals surface area contributed by atoms with E-state index in [0.29, 0.717) is 12.6 Å². The second-order valence-corrected chi connectivity index (χ2v) is 4.59. The van der Waals surface area contributed by atoms with Gasteiger partial charge in [-0.3, -0.25) is 0 Å². The summed E-state index contributed by atoms with van der Waals surface area (Å²) in [6.07, 6.45) is 0. The Bertz CT molecular complexity index is 550. The highest BCUT2D eigenvalue weighted by Gasteiger charge is 2.07. The average molecular weight is 260 g/mol. The van der Waals surface area contributed by atoms with E-state index in [1.807, 2.05) is 43.8 Å². The number of benzene rings is 1. The topological polar surface area (TPSA) is 52.0 Å². The molecule has 5 nitrogen and oxygen atoms in total. The predicted molar refractivity (Wildman–Crippen MR) is 74.0 cm³/mol. The van der Waals surface area contributed by atoms with Crippen LogP contribution in [-0.2, 0) is 13.7 Å². The third-order valence-corrected chi connectivity index (χ3v) is 3.34. The van der Waals surface area contributed by atoms with Crippen molar-refractivity contribution in [2.45, 2.75) is 26.5 Å². The van der Waals surface area contributed by atoms with Gasteiger partial charge in [-0.2, -0.15) is 0 Å². The normalized spacial score (nSPS) is 12.4. The summed E-state index contributed by atoms with van der Waals surface area (Å²) in [6.45, 7) is 4.46. The lowest BCUT2D eigenvalue weighted by Gasteiger charge is -2.12. The lowest BCUT2D eigenvalue weighted by molar-refractivity contribution is 0.290. The zero-order valence-electron chi connectivity index (χ0n) is 11.8. The van der Waals surface area contributed by atoms with Gasteiger partial charge in [-0.05, 0) is 38.6 Å². The molecule has 0 aliphatic heterocycles. The molecule has 0 aliphatic rings. The summed E-state index contributed by atoms with van der Waals surface area (Å²) in [5.41, 5.74) is 1.20. The average Bonchev–Trinajstić information content (AvgIpc) is 2.76. The smallest absolute Gasteiger partial charge is 0.170 e. The van der Waals surface area contributed by atoms with Gasteiger partial charge in [-0.1, -0.05) is 12.1 Å². The fourth-order valence-electron chi connectivity index (χ4n) is 1.76. The highest BCUT2D eigenvalue weighted by molar-refractivity contribution is 5.30. The molecule has 1 heterocycles. The van der Waals surface area contributed by atoms with Gasteiger partial charge in [0.25, 0.3) is 0 Å². The van der Waals surface area contributed by atoms with Gasteiger partial charge in [0.1, 0.15) is 18.2 Å². The first-order chi connectivity index (χ1) is 9.11. The second kappa shape index (κ2) is 5.84. The van der Waals surface area contributed by atoms with Crippen LogP contribution in [-0.4, -0.2) is 21.8 Å². The number of ether oxygens (including phenoxy) is 1. The molecule has 0 bridgehead atoms. The van der Waals surface area contributed by atoms with Crippen LogP contribution in [0.15, 0.2) is 24.3 Å². The van der Waals surface area contributed by atoms with Gasteiger partial charge < -0.3 is 14.6 Å². The van der Waals surface area contributed by atoms with Gasteiger partial charge in [0.15, 0.2) is 5.82 Å². The Morgan fingerprint density at radius 1 is 1.37 bits per heavy atom. The molecule has 0 amide bonds. The standard InChI is InChI=1S/C14H20N4O/c1-10(15-3)12-6-5-7-13(8-12)19-9-14-17-16-11(2)18(14)4/h5-8,10,15H,9H2,1-4H3. The van der Waals surface area contributed by atoms with E-state index in [1.165, 1.54) is 5.56 Å². The van der Waals surface area contributed by atoms with Crippen LogP contribution in [0.4, 0.5) is 0 Å². The highest BCUT2D eigenvalue weighted by atomic mass is 16.5. The van der Waals surface area contributed by atoms with E-state index in [9.17, 15) is 0 Å². The first kappa shape index (κ1) is 13.5. The van der Waals surface area contributed by atoms with Gasteiger partial charge in [0.05, 0.1) is 0 Å². The molecular formula is C14H20N4O. The summed E-state index contributed by atoms with van der Waals surface area (Å²) in [4.78, 5) is 0. The van der Waals surface area contributed by atoms with Crippen LogP contribution >= 0.6 is 0 Å². The monoisotopic (exact) mass is 260 g/mol. The van der Waals surface area contributed by atoms with Gasteiger partial charge >= 0.3 is 0 Å². The van der Waals surface area contributed by atoms with Crippen LogP contribution in [0.3, 0.4) is 0 Å². The Balaban J connectivity index is 2.05. The summed E-state index contributed by atoms with van der Waals surface area (Å²) in [5, 5.41) is 11.3. The minimum Gasteiger partial charge on any atom is -0.486 e. The first-order valence-corrected chi connectivity index (χ1v) is 6.36. The van der Waals surface area contributed by atoms with E-state index in [0.717, 1.165) is 17.4 Å². The number of aromatic nitrogens is 3. The fraction of sp³-hybridized carbons (Fsp3) is 0.429. The summed E-state index contributed by atoms with van der Waals surface area (Å²) >= 11 is 0. The fourth-order valence-corrected chi connectivity index (χ4v) is 1.76. The molecule has 0 aliphatic carbocycles. The highest BCUT2D eigenvalue weighted by Crippen LogP contribution is 2.19. The second-order valence-electron chi connectivity index (χ2n) is 4.59.